The molecular weight excluding hydrogens is 296 g/mol. The van der Waals surface area contributed by atoms with Crippen LogP contribution in [-0.2, 0) is 13.8 Å². The second-order valence-corrected chi connectivity index (χ2v) is 9.82. The molecule has 0 saturated heterocycles. The van der Waals surface area contributed by atoms with Crippen LogP contribution in [0.2, 0.25) is 0 Å². The summed E-state index contributed by atoms with van der Waals surface area (Å²) in [4.78, 5) is 0. The third-order valence-electron chi connectivity index (χ3n) is 3.44. The minimum atomic E-state index is -3.50. The molecule has 0 amide bonds. The average molecular weight is 327 g/mol. The van der Waals surface area contributed by atoms with Crippen LogP contribution in [0.25, 0.3) is 0 Å². The molecule has 0 spiro atoms. The number of hydrogen-bond donors (Lipinski definition) is 0. The van der Waals surface area contributed by atoms with Crippen LogP contribution in [0.15, 0.2) is 0 Å². The molecule has 0 aromatic rings. The van der Waals surface area contributed by atoms with Crippen molar-refractivity contribution in [3.05, 3.63) is 0 Å². The zero-order valence-corrected chi connectivity index (χ0v) is 15.2. The van der Waals surface area contributed by atoms with Gasteiger partial charge in [-0.3, -0.25) is 0 Å². The van der Waals surface area contributed by atoms with Crippen molar-refractivity contribution in [2.45, 2.75) is 66.7 Å². The summed E-state index contributed by atoms with van der Waals surface area (Å²) in [5.41, 5.74) is -0.0985. The molecule has 0 aliphatic rings. The molecule has 5 heteroatoms. The molecule has 3 nitrogen and oxygen atoms in total. The van der Waals surface area contributed by atoms with Crippen LogP contribution < -0.4 is 0 Å². The molecule has 0 N–H and O–H groups in total. The third-order valence-corrected chi connectivity index (χ3v) is 4.73. The fourth-order valence-electron chi connectivity index (χ4n) is 2.55. The van der Waals surface area contributed by atoms with Gasteiger partial charge in [-0.1, -0.05) is 47.5 Å². The van der Waals surface area contributed by atoms with Crippen LogP contribution in [0.5, 0.6) is 0 Å². The fraction of sp³-hybridized carbons (Fsp3) is 1.00. The van der Waals surface area contributed by atoms with Crippen molar-refractivity contribution in [1.82, 2.24) is 0 Å². The Morgan fingerprint density at radius 2 is 1.50 bits per heavy atom. The summed E-state index contributed by atoms with van der Waals surface area (Å²) in [6.07, 6.45) is 4.52. The van der Waals surface area contributed by atoms with Gasteiger partial charge in [-0.2, -0.15) is 0 Å². The quantitative estimate of drug-likeness (QED) is 0.435. The highest BCUT2D eigenvalue weighted by atomic mass is 35.7. The van der Waals surface area contributed by atoms with Gasteiger partial charge in [0, 0.05) is 22.7 Å². The Labute approximate surface area is 129 Å². The molecule has 0 heterocycles. The van der Waals surface area contributed by atoms with E-state index in [0.29, 0.717) is 13.2 Å². The third kappa shape index (κ3) is 10.0. The summed E-state index contributed by atoms with van der Waals surface area (Å²) >= 11 is 0. The highest BCUT2D eigenvalue weighted by molar-refractivity contribution is 8.13. The molecule has 0 rings (SSSR count). The molecule has 0 unspecified atom stereocenters. The summed E-state index contributed by atoms with van der Waals surface area (Å²) < 4.78 is 28.8. The summed E-state index contributed by atoms with van der Waals surface area (Å²) in [7, 11) is 1.99. The van der Waals surface area contributed by atoms with Gasteiger partial charge in [0.05, 0.1) is 12.4 Å². The Bertz CT molecular complexity index is 352. The van der Waals surface area contributed by atoms with Crippen LogP contribution >= 0.6 is 10.7 Å². The van der Waals surface area contributed by atoms with Crippen molar-refractivity contribution in [1.29, 1.82) is 0 Å². The van der Waals surface area contributed by atoms with Gasteiger partial charge >= 0.3 is 0 Å². The van der Waals surface area contributed by atoms with E-state index in [9.17, 15) is 8.42 Å². The summed E-state index contributed by atoms with van der Waals surface area (Å²) in [5, 5.41) is 0. The summed E-state index contributed by atoms with van der Waals surface area (Å²) in [6.45, 7) is 11.8. The van der Waals surface area contributed by atoms with Gasteiger partial charge in [0.25, 0.3) is 0 Å². The van der Waals surface area contributed by atoms with Gasteiger partial charge in [-0.05, 0) is 24.7 Å². The number of hydrogen-bond acceptors (Lipinski definition) is 3. The molecule has 0 aliphatic heterocycles. The molecule has 0 bridgehead atoms. The zero-order valence-electron chi connectivity index (χ0n) is 13.7. The van der Waals surface area contributed by atoms with Gasteiger partial charge in [-0.15, -0.1) is 0 Å². The molecule has 0 aromatic heterocycles. The Morgan fingerprint density at radius 3 is 1.85 bits per heavy atom. The Morgan fingerprint density at radius 1 is 1.00 bits per heavy atom. The maximum absolute atomic E-state index is 11.5. The van der Waals surface area contributed by atoms with E-state index in [0.717, 1.165) is 32.1 Å². The molecule has 0 radical (unpaired) electrons. The molecule has 0 aromatic carbocycles. The van der Waals surface area contributed by atoms with Crippen LogP contribution in [-0.4, -0.2) is 27.4 Å². The topological polar surface area (TPSA) is 43.4 Å². The molecule has 0 aliphatic carbocycles. The highest BCUT2D eigenvalue weighted by Gasteiger charge is 2.33. The average Bonchev–Trinajstić information content (AvgIpc) is 2.21. The van der Waals surface area contributed by atoms with E-state index < -0.39 is 9.05 Å². The van der Waals surface area contributed by atoms with Gasteiger partial charge in [0.1, 0.15) is 0 Å². The zero-order chi connectivity index (χ0) is 15.9. The van der Waals surface area contributed by atoms with Crippen LogP contribution in [0, 0.1) is 10.8 Å². The monoisotopic (exact) mass is 326 g/mol. The molecule has 0 saturated carbocycles. The van der Waals surface area contributed by atoms with Crippen molar-refractivity contribution < 1.29 is 13.2 Å². The maximum Gasteiger partial charge on any atom is 0.233 e. The van der Waals surface area contributed by atoms with E-state index in [4.69, 9.17) is 15.4 Å². The summed E-state index contributed by atoms with van der Waals surface area (Å²) in [5.74, 6) is 0.0127. The van der Waals surface area contributed by atoms with E-state index in [1.807, 2.05) is 0 Å². The standard InChI is InChI=1S/C15H31ClO3S/c1-6-8-15(9-7-2,13-20(16,17)18)12-19-11-10-14(3,4)5/h6-13H2,1-5H3. The van der Waals surface area contributed by atoms with E-state index >= 15 is 0 Å². The van der Waals surface area contributed by atoms with Gasteiger partial charge in [0.15, 0.2) is 0 Å². The normalized spacial score (nSPS) is 13.7. The first kappa shape index (κ1) is 20.2. The van der Waals surface area contributed by atoms with E-state index in [2.05, 4.69) is 34.6 Å². The van der Waals surface area contributed by atoms with Crippen molar-refractivity contribution in [3.8, 4) is 0 Å². The second-order valence-electron chi connectivity index (χ2n) is 7.05. The first-order chi connectivity index (χ1) is 9.04. The molecule has 0 fully saturated rings. The molecule has 122 valence electrons. The van der Waals surface area contributed by atoms with Gasteiger partial charge < -0.3 is 4.74 Å². The maximum atomic E-state index is 11.5. The minimum absolute atomic E-state index is 0.0127. The van der Waals surface area contributed by atoms with Crippen LogP contribution in [0.1, 0.15) is 66.7 Å². The van der Waals surface area contributed by atoms with E-state index in [1.165, 1.54) is 0 Å². The second kappa shape index (κ2) is 8.60. The lowest BCUT2D eigenvalue weighted by Crippen LogP contribution is -2.34. The van der Waals surface area contributed by atoms with Crippen molar-refractivity contribution in [2.24, 2.45) is 10.8 Å². The largest absolute Gasteiger partial charge is 0.381 e. The van der Waals surface area contributed by atoms with Crippen molar-refractivity contribution >= 4 is 19.7 Å². The van der Waals surface area contributed by atoms with E-state index in [-0.39, 0.29) is 16.6 Å². The number of ether oxygens (including phenoxy) is 1. The highest BCUT2D eigenvalue weighted by Crippen LogP contribution is 2.33. The SMILES string of the molecule is CCCC(CCC)(COCCC(C)(C)C)CS(=O)(=O)Cl. The van der Waals surface area contributed by atoms with Crippen molar-refractivity contribution in [2.75, 3.05) is 19.0 Å². The number of rotatable bonds is 10. The van der Waals surface area contributed by atoms with Crippen molar-refractivity contribution in [3.63, 3.8) is 0 Å². The Hall–Kier alpha value is 0.200. The van der Waals surface area contributed by atoms with Gasteiger partial charge in [-0.25, -0.2) is 8.42 Å². The summed E-state index contributed by atoms with van der Waals surface area (Å²) in [6, 6.07) is 0. The first-order valence-corrected chi connectivity index (χ1v) is 10.0. The van der Waals surface area contributed by atoms with Gasteiger partial charge in [0.2, 0.25) is 9.05 Å². The lowest BCUT2D eigenvalue weighted by molar-refractivity contribution is 0.0321. The van der Waals surface area contributed by atoms with E-state index in [1.54, 1.807) is 0 Å². The predicted molar refractivity (Wildman–Crippen MR) is 86.8 cm³/mol. The lowest BCUT2D eigenvalue weighted by Gasteiger charge is -2.32. The lowest BCUT2D eigenvalue weighted by atomic mass is 9.82. The Balaban J connectivity index is 4.66. The first-order valence-electron chi connectivity index (χ1n) is 7.54. The smallest absolute Gasteiger partial charge is 0.233 e. The van der Waals surface area contributed by atoms with Crippen LogP contribution in [0.4, 0.5) is 0 Å². The number of halogens is 1. The van der Waals surface area contributed by atoms with Crippen LogP contribution in [0.3, 0.4) is 0 Å². The molecule has 0 atom stereocenters. The Kier molecular flexibility index (Phi) is 8.68. The predicted octanol–water partition coefficient (Wildman–Crippen LogP) is 4.59. The molecular formula is C15H31ClO3S. The molecule has 20 heavy (non-hydrogen) atoms. The minimum Gasteiger partial charge on any atom is -0.381 e. The fourth-order valence-corrected chi connectivity index (χ4v) is 4.35.